The van der Waals surface area contributed by atoms with Crippen LogP contribution < -0.4 is 10.1 Å². The van der Waals surface area contributed by atoms with E-state index >= 15 is 0 Å². The molecule has 1 amide bonds. The lowest BCUT2D eigenvalue weighted by Gasteiger charge is -2.15. The number of halogens is 1. The number of carbonyl (C=O) groups excluding carboxylic acids is 1. The number of ether oxygens (including phenoxy) is 1. The fraction of sp³-hybridized carbons (Fsp3) is 0.136. The Morgan fingerprint density at radius 3 is 2.27 bits per heavy atom. The minimum atomic E-state index is -0.627. The maximum Gasteiger partial charge on any atom is 0.265 e. The van der Waals surface area contributed by atoms with Gasteiger partial charge in [0, 0.05) is 10.7 Å². The molecule has 3 rings (SSSR count). The van der Waals surface area contributed by atoms with Crippen LogP contribution in [0.1, 0.15) is 12.5 Å². The van der Waals surface area contributed by atoms with Gasteiger partial charge in [-0.05, 0) is 54.8 Å². The predicted molar refractivity (Wildman–Crippen MR) is 107 cm³/mol. The van der Waals surface area contributed by atoms with E-state index in [1.807, 2.05) is 61.5 Å². The van der Waals surface area contributed by atoms with Crippen molar-refractivity contribution in [3.8, 4) is 16.9 Å². The van der Waals surface area contributed by atoms with Crippen LogP contribution in [0.2, 0.25) is 5.02 Å². The highest BCUT2D eigenvalue weighted by molar-refractivity contribution is 6.31. The van der Waals surface area contributed by atoms with E-state index < -0.39 is 6.10 Å². The number of hydrogen-bond acceptors (Lipinski definition) is 2. The Bertz CT molecular complexity index is 892. The summed E-state index contributed by atoms with van der Waals surface area (Å²) in [5.41, 5.74) is 3.86. The number of rotatable bonds is 5. The largest absolute Gasteiger partial charge is 0.481 e. The first kappa shape index (κ1) is 18.0. The standard InChI is InChI=1S/C22H20ClNO2/c1-15-8-11-19(14-21(15)23)24-22(25)16(2)26-20-12-9-18(10-13-20)17-6-4-3-5-7-17/h3-14,16H,1-2H3,(H,24,25). The van der Waals surface area contributed by atoms with Gasteiger partial charge < -0.3 is 10.1 Å². The summed E-state index contributed by atoms with van der Waals surface area (Å²) in [5, 5.41) is 3.44. The molecule has 1 unspecified atom stereocenters. The van der Waals surface area contributed by atoms with Gasteiger partial charge in [-0.1, -0.05) is 60.1 Å². The Balaban J connectivity index is 1.62. The fourth-order valence-corrected chi connectivity index (χ4v) is 2.71. The number of hydrogen-bond donors (Lipinski definition) is 1. The first-order valence-electron chi connectivity index (χ1n) is 8.42. The molecule has 0 saturated carbocycles. The van der Waals surface area contributed by atoms with Gasteiger partial charge in [0.15, 0.2) is 6.10 Å². The Kier molecular flexibility index (Phi) is 5.59. The molecule has 0 spiro atoms. The minimum Gasteiger partial charge on any atom is -0.481 e. The lowest BCUT2D eigenvalue weighted by Crippen LogP contribution is -2.30. The van der Waals surface area contributed by atoms with Crippen molar-refractivity contribution in [1.82, 2.24) is 0 Å². The molecular weight excluding hydrogens is 346 g/mol. The van der Waals surface area contributed by atoms with E-state index in [0.717, 1.165) is 16.7 Å². The van der Waals surface area contributed by atoms with Gasteiger partial charge in [0.05, 0.1) is 0 Å². The van der Waals surface area contributed by atoms with Crippen molar-refractivity contribution >= 4 is 23.2 Å². The summed E-state index contributed by atoms with van der Waals surface area (Å²) in [7, 11) is 0. The molecular formula is C22H20ClNO2. The van der Waals surface area contributed by atoms with Gasteiger partial charge in [-0.25, -0.2) is 0 Å². The summed E-state index contributed by atoms with van der Waals surface area (Å²) in [6.45, 7) is 3.63. The van der Waals surface area contributed by atoms with Crippen LogP contribution in [0.25, 0.3) is 11.1 Å². The first-order chi connectivity index (χ1) is 12.5. The van der Waals surface area contributed by atoms with Crippen molar-refractivity contribution in [2.75, 3.05) is 5.32 Å². The van der Waals surface area contributed by atoms with Crippen LogP contribution in [0, 0.1) is 6.92 Å². The highest BCUT2D eigenvalue weighted by atomic mass is 35.5. The van der Waals surface area contributed by atoms with Crippen molar-refractivity contribution in [2.24, 2.45) is 0 Å². The maximum absolute atomic E-state index is 12.3. The number of aryl methyl sites for hydroxylation is 1. The molecule has 3 aromatic carbocycles. The molecule has 4 heteroatoms. The van der Waals surface area contributed by atoms with Crippen LogP contribution in [-0.4, -0.2) is 12.0 Å². The van der Waals surface area contributed by atoms with Crippen LogP contribution in [0.4, 0.5) is 5.69 Å². The average molecular weight is 366 g/mol. The second-order valence-corrected chi connectivity index (χ2v) is 6.51. The summed E-state index contributed by atoms with van der Waals surface area (Å²) in [4.78, 5) is 12.3. The topological polar surface area (TPSA) is 38.3 Å². The van der Waals surface area contributed by atoms with E-state index in [2.05, 4.69) is 17.4 Å². The third-order valence-electron chi connectivity index (χ3n) is 4.08. The van der Waals surface area contributed by atoms with Crippen LogP contribution in [-0.2, 0) is 4.79 Å². The van der Waals surface area contributed by atoms with Crippen molar-refractivity contribution < 1.29 is 9.53 Å². The molecule has 0 aliphatic carbocycles. The Labute approximate surface area is 158 Å². The van der Waals surface area contributed by atoms with Crippen LogP contribution in [0.5, 0.6) is 5.75 Å². The molecule has 0 aliphatic heterocycles. The summed E-state index contributed by atoms with van der Waals surface area (Å²) >= 11 is 6.09. The minimum absolute atomic E-state index is 0.225. The summed E-state index contributed by atoms with van der Waals surface area (Å²) in [6, 6.07) is 23.2. The zero-order valence-electron chi connectivity index (χ0n) is 14.7. The van der Waals surface area contributed by atoms with E-state index in [4.69, 9.17) is 16.3 Å². The van der Waals surface area contributed by atoms with Crippen molar-refractivity contribution in [3.05, 3.63) is 83.4 Å². The summed E-state index contributed by atoms with van der Waals surface area (Å²) < 4.78 is 5.75. The summed E-state index contributed by atoms with van der Waals surface area (Å²) in [5.74, 6) is 0.423. The van der Waals surface area contributed by atoms with Crippen molar-refractivity contribution in [1.29, 1.82) is 0 Å². The van der Waals surface area contributed by atoms with E-state index in [9.17, 15) is 4.79 Å². The number of nitrogens with one attached hydrogen (secondary N) is 1. The molecule has 0 aromatic heterocycles. The Hall–Kier alpha value is -2.78. The first-order valence-corrected chi connectivity index (χ1v) is 8.80. The molecule has 0 heterocycles. The van der Waals surface area contributed by atoms with Crippen LogP contribution >= 0.6 is 11.6 Å². The molecule has 132 valence electrons. The highest BCUT2D eigenvalue weighted by Crippen LogP contribution is 2.23. The van der Waals surface area contributed by atoms with Gasteiger partial charge in [-0.3, -0.25) is 4.79 Å². The Morgan fingerprint density at radius 1 is 0.962 bits per heavy atom. The zero-order chi connectivity index (χ0) is 18.5. The number of amides is 1. The third kappa shape index (κ3) is 4.44. The van der Waals surface area contributed by atoms with E-state index in [0.29, 0.717) is 16.5 Å². The lowest BCUT2D eigenvalue weighted by atomic mass is 10.1. The van der Waals surface area contributed by atoms with E-state index in [-0.39, 0.29) is 5.91 Å². The van der Waals surface area contributed by atoms with Gasteiger partial charge in [-0.2, -0.15) is 0 Å². The molecule has 0 radical (unpaired) electrons. The van der Waals surface area contributed by atoms with E-state index in [1.165, 1.54) is 0 Å². The van der Waals surface area contributed by atoms with Crippen LogP contribution in [0.15, 0.2) is 72.8 Å². The van der Waals surface area contributed by atoms with Gasteiger partial charge >= 0.3 is 0 Å². The monoisotopic (exact) mass is 365 g/mol. The molecule has 3 nitrogen and oxygen atoms in total. The number of benzene rings is 3. The average Bonchev–Trinajstić information content (AvgIpc) is 2.66. The normalized spacial score (nSPS) is 11.7. The predicted octanol–water partition coefficient (Wildman–Crippen LogP) is 5.72. The molecule has 0 aliphatic rings. The number of anilines is 1. The Morgan fingerprint density at radius 2 is 1.62 bits per heavy atom. The fourth-order valence-electron chi connectivity index (χ4n) is 2.53. The third-order valence-corrected chi connectivity index (χ3v) is 4.49. The molecule has 1 atom stereocenters. The molecule has 0 fully saturated rings. The quantitative estimate of drug-likeness (QED) is 0.627. The second kappa shape index (κ2) is 8.07. The van der Waals surface area contributed by atoms with Crippen molar-refractivity contribution in [3.63, 3.8) is 0 Å². The van der Waals surface area contributed by atoms with Gasteiger partial charge in [-0.15, -0.1) is 0 Å². The smallest absolute Gasteiger partial charge is 0.265 e. The van der Waals surface area contributed by atoms with Crippen LogP contribution in [0.3, 0.4) is 0 Å². The molecule has 0 saturated heterocycles. The lowest BCUT2D eigenvalue weighted by molar-refractivity contribution is -0.122. The highest BCUT2D eigenvalue weighted by Gasteiger charge is 2.15. The molecule has 0 bridgehead atoms. The van der Waals surface area contributed by atoms with E-state index in [1.54, 1.807) is 13.0 Å². The van der Waals surface area contributed by atoms with Gasteiger partial charge in [0.25, 0.3) is 5.91 Å². The zero-order valence-corrected chi connectivity index (χ0v) is 15.5. The maximum atomic E-state index is 12.3. The van der Waals surface area contributed by atoms with Gasteiger partial charge in [0.1, 0.15) is 5.75 Å². The summed E-state index contributed by atoms with van der Waals surface area (Å²) in [6.07, 6.45) is -0.627. The number of carbonyl (C=O) groups is 1. The molecule has 26 heavy (non-hydrogen) atoms. The second-order valence-electron chi connectivity index (χ2n) is 6.10. The SMILES string of the molecule is Cc1ccc(NC(=O)C(C)Oc2ccc(-c3ccccc3)cc2)cc1Cl. The van der Waals surface area contributed by atoms with Crippen molar-refractivity contribution in [2.45, 2.75) is 20.0 Å². The van der Waals surface area contributed by atoms with Gasteiger partial charge in [0.2, 0.25) is 0 Å². The molecule has 3 aromatic rings. The molecule has 1 N–H and O–H groups in total.